The average Bonchev–Trinajstić information content (AvgIpc) is 2.77. The van der Waals surface area contributed by atoms with Crippen LogP contribution in [0, 0.1) is 6.92 Å². The third-order valence-electron chi connectivity index (χ3n) is 5.46. The Morgan fingerprint density at radius 3 is 2.74 bits per heavy atom. The third-order valence-corrected chi connectivity index (χ3v) is 6.07. The van der Waals surface area contributed by atoms with E-state index in [1.807, 2.05) is 13.0 Å². The van der Waals surface area contributed by atoms with Crippen LogP contribution >= 0.6 is 23.2 Å². The molecule has 0 aliphatic carbocycles. The molecule has 8 heteroatoms. The van der Waals surface area contributed by atoms with Gasteiger partial charge in [0.2, 0.25) is 5.95 Å². The van der Waals surface area contributed by atoms with Gasteiger partial charge in [-0.2, -0.15) is 0 Å². The van der Waals surface area contributed by atoms with Crippen LogP contribution in [-0.4, -0.2) is 21.1 Å². The van der Waals surface area contributed by atoms with Crippen LogP contribution in [-0.2, 0) is 13.0 Å². The Hall–Kier alpha value is -2.93. The zero-order valence-electron chi connectivity index (χ0n) is 16.7. The molecule has 0 saturated heterocycles. The second kappa shape index (κ2) is 7.96. The lowest BCUT2D eigenvalue weighted by molar-refractivity contribution is 0.644. The summed E-state index contributed by atoms with van der Waals surface area (Å²) in [6.07, 6.45) is 4.28. The molecular formula is C23H19Cl2N5O. The van der Waals surface area contributed by atoms with Crippen LogP contribution in [0.2, 0.25) is 10.0 Å². The van der Waals surface area contributed by atoms with Gasteiger partial charge in [-0.05, 0) is 60.8 Å². The smallest absolute Gasteiger partial charge is 0.266 e. The highest BCUT2D eigenvalue weighted by atomic mass is 35.5. The summed E-state index contributed by atoms with van der Waals surface area (Å²) in [7, 11) is 0. The molecule has 6 nitrogen and oxygen atoms in total. The fraction of sp³-hybridized carbons (Fsp3) is 0.174. The minimum atomic E-state index is -0.276. The molecule has 0 fully saturated rings. The van der Waals surface area contributed by atoms with Crippen molar-refractivity contribution in [3.8, 4) is 5.69 Å². The number of aryl methyl sites for hydroxylation is 1. The van der Waals surface area contributed by atoms with Crippen molar-refractivity contribution < 1.29 is 0 Å². The first kappa shape index (κ1) is 20.0. The van der Waals surface area contributed by atoms with E-state index in [2.05, 4.69) is 32.7 Å². The Labute approximate surface area is 188 Å². The largest absolute Gasteiger partial charge is 0.324 e. The van der Waals surface area contributed by atoms with Crippen LogP contribution in [0.5, 0.6) is 0 Å². The number of nitrogens with zero attached hydrogens (tertiary/aromatic N) is 3. The number of benzene rings is 2. The predicted octanol–water partition coefficient (Wildman–Crippen LogP) is 4.79. The molecule has 2 aromatic carbocycles. The quantitative estimate of drug-likeness (QED) is 0.468. The molecule has 0 saturated carbocycles. The lowest BCUT2D eigenvalue weighted by Gasteiger charge is -2.18. The SMILES string of the molecule is Cc1cn(-c2c(Cl)cccc2Cl)c(=O)c2cnc(Nc3ccc4c(c3)CNCC4)nc12. The van der Waals surface area contributed by atoms with Crippen molar-refractivity contribution >= 4 is 45.7 Å². The van der Waals surface area contributed by atoms with Crippen molar-refractivity contribution in [2.24, 2.45) is 0 Å². The topological polar surface area (TPSA) is 71.8 Å². The molecule has 0 unspecified atom stereocenters. The summed E-state index contributed by atoms with van der Waals surface area (Å²) in [5, 5.41) is 7.83. The number of nitrogens with one attached hydrogen (secondary N) is 2. The van der Waals surface area contributed by atoms with Gasteiger partial charge >= 0.3 is 0 Å². The molecular weight excluding hydrogens is 433 g/mol. The second-order valence-corrected chi connectivity index (χ2v) is 8.36. The van der Waals surface area contributed by atoms with Gasteiger partial charge in [-0.15, -0.1) is 0 Å². The number of hydrogen-bond acceptors (Lipinski definition) is 5. The standard InChI is InChI=1S/C23H19Cl2N5O/c1-13-12-30(21-18(24)3-2-4-19(21)25)22(31)17-11-27-23(29-20(13)17)28-16-6-5-14-7-8-26-10-15(14)9-16/h2-6,9,11-12,26H,7-8,10H2,1H3,(H,27,28,29). The van der Waals surface area contributed by atoms with Crippen LogP contribution < -0.4 is 16.2 Å². The Balaban J connectivity index is 1.55. The Kier molecular flexibility index (Phi) is 5.14. The summed E-state index contributed by atoms with van der Waals surface area (Å²) in [4.78, 5) is 22.1. The highest BCUT2D eigenvalue weighted by Gasteiger charge is 2.15. The van der Waals surface area contributed by atoms with Crippen molar-refractivity contribution in [1.82, 2.24) is 19.9 Å². The Bertz CT molecular complexity index is 1360. The molecule has 31 heavy (non-hydrogen) atoms. The fourth-order valence-corrected chi connectivity index (χ4v) is 4.49. The van der Waals surface area contributed by atoms with Gasteiger partial charge in [0.15, 0.2) is 0 Å². The highest BCUT2D eigenvalue weighted by Crippen LogP contribution is 2.28. The highest BCUT2D eigenvalue weighted by molar-refractivity contribution is 6.37. The van der Waals surface area contributed by atoms with Gasteiger partial charge in [0.05, 0.1) is 26.6 Å². The molecule has 0 spiro atoms. The number of halogens is 2. The maximum atomic E-state index is 13.2. The molecule has 1 aliphatic heterocycles. The van der Waals surface area contributed by atoms with E-state index >= 15 is 0 Å². The molecule has 2 aromatic heterocycles. The molecule has 0 atom stereocenters. The average molecular weight is 452 g/mol. The number of rotatable bonds is 3. The maximum absolute atomic E-state index is 13.2. The summed E-state index contributed by atoms with van der Waals surface area (Å²) in [6, 6.07) is 11.4. The number of aromatic nitrogens is 3. The summed E-state index contributed by atoms with van der Waals surface area (Å²) in [5.74, 6) is 0.437. The first-order valence-electron chi connectivity index (χ1n) is 9.94. The molecule has 0 bridgehead atoms. The number of hydrogen-bond donors (Lipinski definition) is 2. The molecule has 0 radical (unpaired) electrons. The molecule has 5 rings (SSSR count). The van der Waals surface area contributed by atoms with Gasteiger partial charge in [0.25, 0.3) is 5.56 Å². The van der Waals surface area contributed by atoms with Crippen molar-refractivity contribution in [2.45, 2.75) is 19.9 Å². The summed E-state index contributed by atoms with van der Waals surface area (Å²) in [6.45, 7) is 3.75. The van der Waals surface area contributed by atoms with Crippen LogP contribution in [0.1, 0.15) is 16.7 Å². The van der Waals surface area contributed by atoms with E-state index < -0.39 is 0 Å². The lowest BCUT2D eigenvalue weighted by atomic mass is 10.0. The van der Waals surface area contributed by atoms with E-state index in [0.29, 0.717) is 32.6 Å². The minimum Gasteiger partial charge on any atom is -0.324 e. The van der Waals surface area contributed by atoms with Gasteiger partial charge < -0.3 is 10.6 Å². The molecule has 4 aromatic rings. The monoisotopic (exact) mass is 451 g/mol. The molecule has 156 valence electrons. The first-order chi connectivity index (χ1) is 15.0. The Morgan fingerprint density at radius 2 is 1.94 bits per heavy atom. The van der Waals surface area contributed by atoms with E-state index in [4.69, 9.17) is 23.2 Å². The summed E-state index contributed by atoms with van der Waals surface area (Å²) in [5.41, 5.74) is 5.11. The van der Waals surface area contributed by atoms with Crippen LogP contribution in [0.3, 0.4) is 0 Å². The molecule has 0 amide bonds. The van der Waals surface area contributed by atoms with E-state index in [-0.39, 0.29) is 5.56 Å². The van der Waals surface area contributed by atoms with Gasteiger partial charge in [0.1, 0.15) is 0 Å². The van der Waals surface area contributed by atoms with Crippen molar-refractivity contribution in [3.05, 3.63) is 85.9 Å². The van der Waals surface area contributed by atoms with Gasteiger partial charge in [-0.3, -0.25) is 9.36 Å². The third kappa shape index (κ3) is 3.67. The molecule has 3 heterocycles. The van der Waals surface area contributed by atoms with E-state index in [0.717, 1.165) is 30.8 Å². The lowest BCUT2D eigenvalue weighted by Crippen LogP contribution is -2.23. The molecule has 2 N–H and O–H groups in total. The van der Waals surface area contributed by atoms with E-state index in [1.54, 1.807) is 30.6 Å². The van der Waals surface area contributed by atoms with E-state index in [1.165, 1.54) is 15.7 Å². The number of para-hydroxylation sites is 1. The van der Waals surface area contributed by atoms with Gasteiger partial charge in [-0.25, -0.2) is 9.97 Å². The van der Waals surface area contributed by atoms with E-state index in [9.17, 15) is 4.79 Å². The van der Waals surface area contributed by atoms with Gasteiger partial charge in [-0.1, -0.05) is 35.3 Å². The number of pyridine rings is 1. The first-order valence-corrected chi connectivity index (χ1v) is 10.7. The van der Waals surface area contributed by atoms with Crippen LogP contribution in [0.4, 0.5) is 11.6 Å². The maximum Gasteiger partial charge on any atom is 0.266 e. The normalized spacial score (nSPS) is 13.3. The minimum absolute atomic E-state index is 0.276. The second-order valence-electron chi connectivity index (χ2n) is 7.55. The zero-order valence-corrected chi connectivity index (χ0v) is 18.3. The fourth-order valence-electron chi connectivity index (χ4n) is 3.91. The number of anilines is 2. The van der Waals surface area contributed by atoms with Crippen LogP contribution in [0.15, 0.2) is 53.6 Å². The zero-order chi connectivity index (χ0) is 21.5. The number of fused-ring (bicyclic) bond motifs is 2. The van der Waals surface area contributed by atoms with Crippen molar-refractivity contribution in [2.75, 3.05) is 11.9 Å². The predicted molar refractivity (Wildman–Crippen MR) is 125 cm³/mol. The van der Waals surface area contributed by atoms with Crippen molar-refractivity contribution in [3.63, 3.8) is 0 Å². The molecule has 1 aliphatic rings. The summed E-state index contributed by atoms with van der Waals surface area (Å²) < 4.78 is 1.45. The van der Waals surface area contributed by atoms with Gasteiger partial charge in [0, 0.05) is 24.6 Å². The summed E-state index contributed by atoms with van der Waals surface area (Å²) >= 11 is 12.6. The van der Waals surface area contributed by atoms with Crippen molar-refractivity contribution in [1.29, 1.82) is 0 Å². The van der Waals surface area contributed by atoms with Crippen LogP contribution in [0.25, 0.3) is 16.6 Å². The Morgan fingerprint density at radius 1 is 1.13 bits per heavy atom.